The highest BCUT2D eigenvalue weighted by molar-refractivity contribution is 9.11. The molecule has 0 fully saturated rings. The van der Waals surface area contributed by atoms with Crippen molar-refractivity contribution in [3.05, 3.63) is 98.4 Å². The average Bonchev–Trinajstić information content (AvgIpc) is 2.61. The van der Waals surface area contributed by atoms with E-state index in [0.29, 0.717) is 25.6 Å². The van der Waals surface area contributed by atoms with Crippen molar-refractivity contribution in [1.82, 2.24) is 0 Å². The largest absolute Gasteiger partial charge is 0.506 e. The van der Waals surface area contributed by atoms with Crippen LogP contribution >= 0.6 is 39.5 Å². The maximum absolute atomic E-state index is 13.0. The molecule has 0 saturated heterocycles. The third kappa shape index (κ3) is 3.17. The van der Waals surface area contributed by atoms with Gasteiger partial charge in [0.05, 0.1) is 8.95 Å². The van der Waals surface area contributed by atoms with E-state index in [2.05, 4.69) is 31.9 Å². The Kier molecular flexibility index (Phi) is 5.42. The zero-order valence-corrected chi connectivity index (χ0v) is 17.4. The Labute approximate surface area is 167 Å². The third-order valence-corrected chi connectivity index (χ3v) is 7.11. The molecule has 0 spiro atoms. The van der Waals surface area contributed by atoms with Gasteiger partial charge in [-0.1, -0.05) is 60.7 Å². The molecule has 0 atom stereocenters. The van der Waals surface area contributed by atoms with Gasteiger partial charge >= 0.3 is 7.60 Å². The van der Waals surface area contributed by atoms with E-state index in [1.807, 2.05) is 0 Å². The Balaban J connectivity index is 2.49. The molecule has 0 aliphatic rings. The number of halogens is 2. The van der Waals surface area contributed by atoms with E-state index in [9.17, 15) is 19.5 Å². The SMILES string of the molecule is O=P(O)(O)C(c1ccccc1)(c1ccccc1)c1cc(Br)c(O)c(Br)c1. The first kappa shape index (κ1) is 19.3. The Morgan fingerprint density at radius 3 is 1.46 bits per heavy atom. The van der Waals surface area contributed by atoms with Crippen molar-refractivity contribution in [1.29, 1.82) is 0 Å². The normalized spacial score (nSPS) is 12.2. The van der Waals surface area contributed by atoms with Gasteiger partial charge in [0.15, 0.2) is 0 Å². The molecule has 3 aromatic carbocycles. The first-order valence-corrected chi connectivity index (χ1v) is 10.8. The molecule has 0 aromatic heterocycles. The van der Waals surface area contributed by atoms with E-state index in [-0.39, 0.29) is 5.75 Å². The minimum Gasteiger partial charge on any atom is -0.506 e. The smallest absolute Gasteiger partial charge is 0.344 e. The lowest BCUT2D eigenvalue weighted by Crippen LogP contribution is -2.29. The Hall–Kier alpha value is -1.43. The number of benzene rings is 3. The molecule has 0 saturated carbocycles. The minimum atomic E-state index is -4.75. The summed E-state index contributed by atoms with van der Waals surface area (Å²) in [7, 11) is -4.75. The summed E-state index contributed by atoms with van der Waals surface area (Å²) in [6.45, 7) is 0. The molecule has 3 N–H and O–H groups in total. The average molecular weight is 498 g/mol. The quantitative estimate of drug-likeness (QED) is 0.333. The fourth-order valence-corrected chi connectivity index (χ4v) is 5.76. The first-order valence-electron chi connectivity index (χ1n) is 7.63. The second kappa shape index (κ2) is 7.29. The molecule has 0 heterocycles. The van der Waals surface area contributed by atoms with Gasteiger partial charge in [-0.25, -0.2) is 0 Å². The number of hydrogen-bond acceptors (Lipinski definition) is 2. The van der Waals surface area contributed by atoms with Gasteiger partial charge in [-0.3, -0.25) is 4.57 Å². The van der Waals surface area contributed by atoms with Gasteiger partial charge in [0.1, 0.15) is 10.9 Å². The van der Waals surface area contributed by atoms with E-state index in [1.165, 1.54) is 0 Å². The highest BCUT2D eigenvalue weighted by Crippen LogP contribution is 2.64. The molecular weight excluding hydrogens is 483 g/mol. The minimum absolute atomic E-state index is 0.0329. The van der Waals surface area contributed by atoms with Gasteiger partial charge in [0, 0.05) is 0 Å². The topological polar surface area (TPSA) is 77.8 Å². The van der Waals surface area contributed by atoms with Crippen LogP contribution in [0.15, 0.2) is 81.7 Å². The second-order valence-corrected chi connectivity index (χ2v) is 9.24. The van der Waals surface area contributed by atoms with Crippen LogP contribution in [0.1, 0.15) is 16.7 Å². The molecule has 0 aliphatic heterocycles. The van der Waals surface area contributed by atoms with Crippen LogP contribution < -0.4 is 0 Å². The molecule has 7 heteroatoms. The molecule has 0 bridgehead atoms. The van der Waals surface area contributed by atoms with Crippen molar-refractivity contribution in [2.45, 2.75) is 5.16 Å². The molecule has 3 aromatic rings. The summed E-state index contributed by atoms with van der Waals surface area (Å²) >= 11 is 6.54. The van der Waals surface area contributed by atoms with Crippen LogP contribution in [0.4, 0.5) is 0 Å². The molecular formula is C19H15Br2O4P. The summed E-state index contributed by atoms with van der Waals surface area (Å²) in [6.07, 6.45) is 0. The fourth-order valence-electron chi connectivity index (χ4n) is 3.14. The van der Waals surface area contributed by atoms with Gasteiger partial charge in [0.2, 0.25) is 0 Å². The van der Waals surface area contributed by atoms with Crippen LogP contribution in [0.2, 0.25) is 0 Å². The summed E-state index contributed by atoms with van der Waals surface area (Å²) in [5.74, 6) is -0.0329. The summed E-state index contributed by atoms with van der Waals surface area (Å²) in [4.78, 5) is 21.1. The summed E-state index contributed by atoms with van der Waals surface area (Å²) in [5.41, 5.74) is 1.29. The van der Waals surface area contributed by atoms with Crippen LogP contribution in [0.3, 0.4) is 0 Å². The monoisotopic (exact) mass is 496 g/mol. The highest BCUT2D eigenvalue weighted by atomic mass is 79.9. The van der Waals surface area contributed by atoms with E-state index >= 15 is 0 Å². The van der Waals surface area contributed by atoms with Gasteiger partial charge in [-0.15, -0.1) is 0 Å². The van der Waals surface area contributed by atoms with E-state index in [4.69, 9.17) is 0 Å². The lowest BCUT2D eigenvalue weighted by molar-refractivity contribution is 0.349. The molecule has 0 aliphatic carbocycles. The molecule has 134 valence electrons. The number of phenolic OH excluding ortho intramolecular Hbond substituents is 1. The Bertz CT molecular complexity index is 909. The maximum atomic E-state index is 13.0. The van der Waals surface area contributed by atoms with Crippen molar-refractivity contribution >= 4 is 39.5 Å². The molecule has 26 heavy (non-hydrogen) atoms. The third-order valence-electron chi connectivity index (χ3n) is 4.25. The second-order valence-electron chi connectivity index (χ2n) is 5.77. The molecule has 0 radical (unpaired) electrons. The summed E-state index contributed by atoms with van der Waals surface area (Å²) in [5, 5.41) is 8.34. The summed E-state index contributed by atoms with van der Waals surface area (Å²) < 4.78 is 13.6. The van der Waals surface area contributed by atoms with Crippen LogP contribution in [-0.4, -0.2) is 14.9 Å². The maximum Gasteiger partial charge on any atom is 0.344 e. The zero-order chi connectivity index (χ0) is 18.9. The predicted molar refractivity (Wildman–Crippen MR) is 108 cm³/mol. The standard InChI is InChI=1S/C19H15Br2O4P/c20-16-11-15(12-17(21)18(16)22)19(26(23,24)25,13-7-3-1-4-8-13)14-9-5-2-6-10-14/h1-12,22H,(H2,23,24,25). The zero-order valence-electron chi connectivity index (χ0n) is 13.4. The van der Waals surface area contributed by atoms with Crippen LogP contribution in [0.25, 0.3) is 0 Å². The highest BCUT2D eigenvalue weighted by Gasteiger charge is 2.51. The van der Waals surface area contributed by atoms with Crippen molar-refractivity contribution in [3.63, 3.8) is 0 Å². The number of phenols is 1. The van der Waals surface area contributed by atoms with Crippen molar-refractivity contribution in [2.75, 3.05) is 0 Å². The van der Waals surface area contributed by atoms with Gasteiger partial charge in [0.25, 0.3) is 0 Å². The lowest BCUT2D eigenvalue weighted by atomic mass is 9.84. The number of hydrogen-bond donors (Lipinski definition) is 3. The molecule has 3 rings (SSSR count). The lowest BCUT2D eigenvalue weighted by Gasteiger charge is -2.36. The number of aromatic hydroxyl groups is 1. The van der Waals surface area contributed by atoms with Gasteiger partial charge in [-0.05, 0) is 60.7 Å². The van der Waals surface area contributed by atoms with Crippen molar-refractivity contribution in [2.24, 2.45) is 0 Å². The fraction of sp³-hybridized carbons (Fsp3) is 0.0526. The van der Waals surface area contributed by atoms with Crippen molar-refractivity contribution < 1.29 is 19.5 Å². The van der Waals surface area contributed by atoms with Crippen LogP contribution in [-0.2, 0) is 9.72 Å². The van der Waals surface area contributed by atoms with E-state index < -0.39 is 12.8 Å². The predicted octanol–water partition coefficient (Wildman–Crippen LogP) is 5.39. The van der Waals surface area contributed by atoms with Gasteiger partial charge < -0.3 is 14.9 Å². The summed E-state index contributed by atoms with van der Waals surface area (Å²) in [6, 6.07) is 20.4. The van der Waals surface area contributed by atoms with Gasteiger partial charge in [-0.2, -0.15) is 0 Å². The van der Waals surface area contributed by atoms with E-state index in [1.54, 1.807) is 72.8 Å². The molecule has 0 amide bonds. The molecule has 0 unspecified atom stereocenters. The molecule has 4 nitrogen and oxygen atoms in total. The Morgan fingerprint density at radius 1 is 0.731 bits per heavy atom. The van der Waals surface area contributed by atoms with Crippen LogP contribution in [0.5, 0.6) is 5.75 Å². The van der Waals surface area contributed by atoms with Crippen LogP contribution in [0, 0.1) is 0 Å². The number of rotatable bonds is 4. The van der Waals surface area contributed by atoms with E-state index in [0.717, 1.165) is 0 Å². The Morgan fingerprint density at radius 2 is 1.12 bits per heavy atom. The van der Waals surface area contributed by atoms with Crippen molar-refractivity contribution in [3.8, 4) is 5.75 Å². The first-order chi connectivity index (χ1) is 12.3.